The molecule has 2 amide bonds. The molecule has 1 aliphatic heterocycles. The number of carbonyl (C=O) groups excluding carboxylic acids is 2. The van der Waals surface area contributed by atoms with Crippen LogP contribution in [0, 0.1) is 12.7 Å². The highest BCUT2D eigenvalue weighted by atomic mass is 127. The average molecular weight is 544 g/mol. The predicted molar refractivity (Wildman–Crippen MR) is 118 cm³/mol. The Morgan fingerprint density at radius 3 is 2.74 bits per heavy atom. The van der Waals surface area contributed by atoms with E-state index in [1.807, 2.05) is 0 Å². The number of rotatable bonds is 10. The van der Waals surface area contributed by atoms with E-state index in [2.05, 4.69) is 10.6 Å². The molecule has 0 bridgehead atoms. The second kappa shape index (κ2) is 11.1. The number of halogens is 2. The van der Waals surface area contributed by atoms with Crippen LogP contribution in [-0.4, -0.2) is 44.4 Å². The molecule has 31 heavy (non-hydrogen) atoms. The number of nitrogens with one attached hydrogen (secondary N) is 2. The second-order valence-corrected chi connectivity index (χ2v) is 7.34. The normalized spacial score (nSPS) is 12.9. The first-order valence-electron chi connectivity index (χ1n) is 9.57. The Hall–Kier alpha value is -2.60. The number of ether oxygens (including phenoxy) is 3. The molecule has 0 aromatic heterocycles. The number of hydrogen-bond acceptors (Lipinski definition) is 6. The molecule has 1 unspecified atom stereocenters. The molecule has 1 atom stereocenters. The zero-order chi connectivity index (χ0) is 22.2. The van der Waals surface area contributed by atoms with Crippen molar-refractivity contribution in [2.24, 2.45) is 0 Å². The summed E-state index contributed by atoms with van der Waals surface area (Å²) in [7, 11) is 0. The first-order valence-corrected chi connectivity index (χ1v) is 10.4. The minimum Gasteiger partial charge on any atom is -0.484 e. The summed E-state index contributed by atoms with van der Waals surface area (Å²) in [5, 5.41) is 5.50. The van der Waals surface area contributed by atoms with Gasteiger partial charge in [0.2, 0.25) is 6.79 Å². The van der Waals surface area contributed by atoms with E-state index >= 15 is 0 Å². The molecular weight excluding hydrogens is 522 g/mol. The Kier molecular flexibility index (Phi) is 8.29. The number of benzene rings is 2. The molecule has 10 heteroatoms. The van der Waals surface area contributed by atoms with E-state index in [4.69, 9.17) is 17.3 Å². The van der Waals surface area contributed by atoms with Gasteiger partial charge in [0.05, 0.1) is 6.10 Å². The molecule has 166 valence electrons. The van der Waals surface area contributed by atoms with E-state index in [0.29, 0.717) is 35.6 Å². The molecule has 1 heterocycles. The maximum atomic E-state index is 13.5. The van der Waals surface area contributed by atoms with Crippen molar-refractivity contribution in [3.05, 3.63) is 53.3 Å². The maximum absolute atomic E-state index is 13.5. The van der Waals surface area contributed by atoms with E-state index in [1.54, 1.807) is 60.3 Å². The molecular formula is C21H22FIN2O6. The third kappa shape index (κ3) is 6.69. The Morgan fingerprint density at radius 1 is 1.16 bits per heavy atom. The van der Waals surface area contributed by atoms with Crippen LogP contribution in [-0.2, 0) is 7.86 Å². The third-order valence-electron chi connectivity index (χ3n) is 4.55. The Bertz CT molecular complexity index is 942. The number of aryl methyl sites for hydroxylation is 1. The van der Waals surface area contributed by atoms with E-state index < -0.39 is 0 Å². The van der Waals surface area contributed by atoms with Crippen molar-refractivity contribution in [2.75, 3.05) is 26.5 Å². The lowest BCUT2D eigenvalue weighted by Gasteiger charge is -2.15. The van der Waals surface area contributed by atoms with Crippen molar-refractivity contribution in [3.8, 4) is 17.2 Å². The topological polar surface area (TPSA) is 95.1 Å². The molecule has 2 aromatic rings. The largest absolute Gasteiger partial charge is 0.484 e. The molecule has 0 saturated carbocycles. The van der Waals surface area contributed by atoms with Crippen LogP contribution in [0.3, 0.4) is 0 Å². The van der Waals surface area contributed by atoms with Gasteiger partial charge in [-0.15, -0.1) is 0 Å². The Labute approximate surface area is 193 Å². The first-order chi connectivity index (χ1) is 15.0. The standard InChI is InChI=1S/C21H22FIN2O6/c1-13-2-4-15(9-17(13)22)28-11-20(26)24-7-6-16(31-23)10-25-21(27)14-3-5-18-19(8-14)30-12-29-18/h2-5,8-9,16H,6-7,10-12H2,1H3,(H,24,26)(H,25,27). The van der Waals surface area contributed by atoms with Gasteiger partial charge in [0.15, 0.2) is 18.1 Å². The SMILES string of the molecule is Cc1ccc(OCC(=O)NCCC(CNC(=O)c2ccc3c(c2)OCO3)OI)cc1F. The van der Waals surface area contributed by atoms with Gasteiger partial charge in [0.1, 0.15) is 34.6 Å². The predicted octanol–water partition coefficient (Wildman–Crippen LogP) is 2.91. The first kappa shape index (κ1) is 23.1. The van der Waals surface area contributed by atoms with Crippen molar-refractivity contribution in [1.29, 1.82) is 0 Å². The molecule has 1 aliphatic rings. The van der Waals surface area contributed by atoms with Gasteiger partial charge in [-0.3, -0.25) is 9.59 Å². The van der Waals surface area contributed by atoms with Crippen LogP contribution >= 0.6 is 23.0 Å². The van der Waals surface area contributed by atoms with Crippen LogP contribution in [0.5, 0.6) is 17.2 Å². The molecule has 0 spiro atoms. The van der Waals surface area contributed by atoms with Crippen LogP contribution in [0.4, 0.5) is 4.39 Å². The molecule has 8 nitrogen and oxygen atoms in total. The summed E-state index contributed by atoms with van der Waals surface area (Å²) in [6.07, 6.45) is 0.181. The van der Waals surface area contributed by atoms with Gasteiger partial charge in [0.25, 0.3) is 11.8 Å². The fourth-order valence-electron chi connectivity index (χ4n) is 2.76. The number of amides is 2. The van der Waals surface area contributed by atoms with Crippen LogP contribution in [0.25, 0.3) is 0 Å². The second-order valence-electron chi connectivity index (χ2n) is 6.83. The zero-order valence-corrected chi connectivity index (χ0v) is 18.9. The van der Waals surface area contributed by atoms with Crippen LogP contribution in [0.1, 0.15) is 22.3 Å². The summed E-state index contributed by atoms with van der Waals surface area (Å²) in [4.78, 5) is 24.3. The lowest BCUT2D eigenvalue weighted by atomic mass is 10.2. The molecule has 2 N–H and O–H groups in total. The summed E-state index contributed by atoms with van der Waals surface area (Å²) in [5.41, 5.74) is 0.960. The highest BCUT2D eigenvalue weighted by Gasteiger charge is 2.17. The summed E-state index contributed by atoms with van der Waals surface area (Å²) < 4.78 is 34.6. The quantitative estimate of drug-likeness (QED) is 0.447. The molecule has 2 aromatic carbocycles. The van der Waals surface area contributed by atoms with E-state index in [1.165, 1.54) is 6.07 Å². The summed E-state index contributed by atoms with van der Waals surface area (Å²) in [6.45, 7) is 2.17. The summed E-state index contributed by atoms with van der Waals surface area (Å²) in [5.74, 6) is 0.447. The highest BCUT2D eigenvalue weighted by Crippen LogP contribution is 2.32. The third-order valence-corrected chi connectivity index (χ3v) is 5.27. The van der Waals surface area contributed by atoms with Gasteiger partial charge >= 0.3 is 0 Å². The van der Waals surface area contributed by atoms with Crippen molar-refractivity contribution in [3.63, 3.8) is 0 Å². The summed E-state index contributed by atoms with van der Waals surface area (Å²) >= 11 is 1.76. The van der Waals surface area contributed by atoms with Gasteiger partial charge in [-0.05, 0) is 43.2 Å². The number of carbonyl (C=O) groups is 2. The Morgan fingerprint density at radius 2 is 1.97 bits per heavy atom. The van der Waals surface area contributed by atoms with Gasteiger partial charge in [-0.1, -0.05) is 6.07 Å². The molecule has 0 radical (unpaired) electrons. The zero-order valence-electron chi connectivity index (χ0n) is 16.8. The van der Waals surface area contributed by atoms with Gasteiger partial charge in [0, 0.05) is 24.7 Å². The smallest absolute Gasteiger partial charge is 0.257 e. The number of fused-ring (bicyclic) bond motifs is 1. The van der Waals surface area contributed by atoms with Gasteiger partial charge in [-0.2, -0.15) is 0 Å². The highest BCUT2D eigenvalue weighted by molar-refractivity contribution is 14.1. The van der Waals surface area contributed by atoms with Crippen molar-refractivity contribution in [1.82, 2.24) is 10.6 Å². The monoisotopic (exact) mass is 544 g/mol. The van der Waals surface area contributed by atoms with Crippen LogP contribution in [0.15, 0.2) is 36.4 Å². The van der Waals surface area contributed by atoms with Crippen molar-refractivity contribution < 1.29 is 31.3 Å². The lowest BCUT2D eigenvalue weighted by molar-refractivity contribution is -0.123. The van der Waals surface area contributed by atoms with E-state index in [0.717, 1.165) is 0 Å². The molecule has 0 aliphatic carbocycles. The maximum Gasteiger partial charge on any atom is 0.257 e. The summed E-state index contributed by atoms with van der Waals surface area (Å²) in [6, 6.07) is 9.40. The number of hydrogen-bond donors (Lipinski definition) is 2. The fourth-order valence-corrected chi connectivity index (χ4v) is 3.19. The van der Waals surface area contributed by atoms with Crippen LogP contribution in [0.2, 0.25) is 0 Å². The van der Waals surface area contributed by atoms with Crippen molar-refractivity contribution >= 4 is 34.8 Å². The van der Waals surface area contributed by atoms with E-state index in [9.17, 15) is 14.0 Å². The minimum atomic E-state index is -0.386. The van der Waals surface area contributed by atoms with Gasteiger partial charge in [-0.25, -0.2) is 4.39 Å². The van der Waals surface area contributed by atoms with Crippen molar-refractivity contribution in [2.45, 2.75) is 19.4 Å². The Balaban J connectivity index is 1.36. The fraction of sp³-hybridized carbons (Fsp3) is 0.333. The average Bonchev–Trinajstić information content (AvgIpc) is 3.24. The lowest BCUT2D eigenvalue weighted by Crippen LogP contribution is -2.36. The van der Waals surface area contributed by atoms with E-state index in [-0.39, 0.29) is 49.4 Å². The van der Waals surface area contributed by atoms with Gasteiger partial charge < -0.3 is 27.9 Å². The minimum absolute atomic E-state index is 0.143. The molecule has 3 rings (SSSR count). The molecule has 0 fully saturated rings. The van der Waals surface area contributed by atoms with Crippen LogP contribution < -0.4 is 24.8 Å². The molecule has 0 saturated heterocycles.